The zero-order valence-electron chi connectivity index (χ0n) is 13.1. The summed E-state index contributed by atoms with van der Waals surface area (Å²) < 4.78 is 10.7. The molecule has 0 bridgehead atoms. The summed E-state index contributed by atoms with van der Waals surface area (Å²) in [5, 5.41) is 0. The molecule has 3 unspecified atom stereocenters. The van der Waals surface area contributed by atoms with Crippen LogP contribution in [0.15, 0.2) is 12.1 Å². The van der Waals surface area contributed by atoms with Gasteiger partial charge in [-0.2, -0.15) is 0 Å². The van der Waals surface area contributed by atoms with Crippen LogP contribution in [0.25, 0.3) is 0 Å². The number of anilines is 2. The molecule has 2 N–H and O–H groups in total. The van der Waals surface area contributed by atoms with Crippen LogP contribution in [0.3, 0.4) is 0 Å². The summed E-state index contributed by atoms with van der Waals surface area (Å²) in [6.45, 7) is 7.91. The Morgan fingerprint density at radius 1 is 1.10 bits per heavy atom. The third-order valence-electron chi connectivity index (χ3n) is 4.44. The molecule has 20 heavy (non-hydrogen) atoms. The maximum absolute atomic E-state index is 6.23. The summed E-state index contributed by atoms with van der Waals surface area (Å²) in [4.78, 5) is 2.40. The van der Waals surface area contributed by atoms with E-state index in [0.717, 1.165) is 23.7 Å². The molecule has 1 aromatic carbocycles. The van der Waals surface area contributed by atoms with E-state index in [1.54, 1.807) is 14.2 Å². The lowest BCUT2D eigenvalue weighted by Gasteiger charge is -2.43. The summed E-state index contributed by atoms with van der Waals surface area (Å²) >= 11 is 0. The van der Waals surface area contributed by atoms with E-state index in [-0.39, 0.29) is 0 Å². The van der Waals surface area contributed by atoms with E-state index >= 15 is 0 Å². The van der Waals surface area contributed by atoms with E-state index < -0.39 is 0 Å². The minimum absolute atomic E-state index is 0.478. The molecule has 1 heterocycles. The number of ether oxygens (including phenoxy) is 2. The van der Waals surface area contributed by atoms with Gasteiger partial charge in [0, 0.05) is 24.7 Å². The fraction of sp³-hybridized carbons (Fsp3) is 0.625. The van der Waals surface area contributed by atoms with Crippen molar-refractivity contribution < 1.29 is 9.47 Å². The average molecular weight is 278 g/mol. The van der Waals surface area contributed by atoms with Gasteiger partial charge in [0.2, 0.25) is 0 Å². The quantitative estimate of drug-likeness (QED) is 0.863. The number of rotatable bonds is 3. The highest BCUT2D eigenvalue weighted by atomic mass is 16.5. The largest absolute Gasteiger partial charge is 0.493 e. The predicted molar refractivity (Wildman–Crippen MR) is 83.7 cm³/mol. The van der Waals surface area contributed by atoms with E-state index in [9.17, 15) is 0 Å². The van der Waals surface area contributed by atoms with E-state index in [1.165, 1.54) is 6.42 Å². The van der Waals surface area contributed by atoms with Crippen LogP contribution < -0.4 is 20.1 Å². The summed E-state index contributed by atoms with van der Waals surface area (Å²) in [5.74, 6) is 2.74. The highest BCUT2D eigenvalue weighted by Gasteiger charge is 2.30. The molecular formula is C16H26N2O2. The van der Waals surface area contributed by atoms with Crippen LogP contribution in [0.4, 0.5) is 11.4 Å². The fourth-order valence-electron chi connectivity index (χ4n) is 3.17. The van der Waals surface area contributed by atoms with E-state index in [4.69, 9.17) is 15.2 Å². The first-order valence-electron chi connectivity index (χ1n) is 7.26. The van der Waals surface area contributed by atoms with E-state index in [0.29, 0.717) is 23.6 Å². The molecule has 4 heteroatoms. The minimum atomic E-state index is 0.478. The number of hydrogen-bond acceptors (Lipinski definition) is 4. The minimum Gasteiger partial charge on any atom is -0.493 e. The smallest absolute Gasteiger partial charge is 0.162 e. The van der Waals surface area contributed by atoms with Gasteiger partial charge in [0.1, 0.15) is 0 Å². The molecule has 1 aliphatic heterocycles. The maximum atomic E-state index is 6.23. The van der Waals surface area contributed by atoms with Crippen molar-refractivity contribution in [3.05, 3.63) is 12.1 Å². The normalized spacial score (nSPS) is 26.4. The van der Waals surface area contributed by atoms with Crippen molar-refractivity contribution in [1.82, 2.24) is 0 Å². The summed E-state index contributed by atoms with van der Waals surface area (Å²) in [7, 11) is 3.29. The molecule has 0 aromatic heterocycles. The zero-order chi connectivity index (χ0) is 14.9. The van der Waals surface area contributed by atoms with Crippen molar-refractivity contribution in [2.45, 2.75) is 33.2 Å². The molecule has 1 fully saturated rings. The molecule has 2 rings (SSSR count). The SMILES string of the molecule is COc1cc(N)c(N2CC(C)CC(C)C2C)cc1OC. The first kappa shape index (κ1) is 14.8. The number of methoxy groups -OCH3 is 2. The van der Waals surface area contributed by atoms with Crippen LogP contribution in [-0.2, 0) is 0 Å². The first-order chi connectivity index (χ1) is 9.47. The van der Waals surface area contributed by atoms with Crippen LogP contribution in [0.1, 0.15) is 27.2 Å². The molecule has 4 nitrogen and oxygen atoms in total. The van der Waals surface area contributed by atoms with Gasteiger partial charge in [0.15, 0.2) is 11.5 Å². The van der Waals surface area contributed by atoms with Crippen molar-refractivity contribution in [3.8, 4) is 11.5 Å². The van der Waals surface area contributed by atoms with Gasteiger partial charge in [-0.3, -0.25) is 0 Å². The Kier molecular flexibility index (Phi) is 4.31. The second kappa shape index (κ2) is 5.81. The van der Waals surface area contributed by atoms with E-state index in [1.807, 2.05) is 12.1 Å². The topological polar surface area (TPSA) is 47.7 Å². The second-order valence-corrected chi connectivity index (χ2v) is 5.98. The molecule has 0 saturated carbocycles. The van der Waals surface area contributed by atoms with Gasteiger partial charge in [0.25, 0.3) is 0 Å². The summed E-state index contributed by atoms with van der Waals surface area (Å²) in [6, 6.07) is 4.33. The maximum Gasteiger partial charge on any atom is 0.162 e. The van der Waals surface area contributed by atoms with Crippen molar-refractivity contribution in [2.24, 2.45) is 11.8 Å². The lowest BCUT2D eigenvalue weighted by atomic mass is 9.85. The van der Waals surface area contributed by atoms with Gasteiger partial charge in [-0.15, -0.1) is 0 Å². The third kappa shape index (κ3) is 2.65. The predicted octanol–water partition coefficient (Wildman–Crippen LogP) is 3.16. The Morgan fingerprint density at radius 3 is 2.30 bits per heavy atom. The Labute approximate surface area is 121 Å². The van der Waals surface area contributed by atoms with Crippen LogP contribution in [-0.4, -0.2) is 26.8 Å². The Hall–Kier alpha value is -1.58. The van der Waals surface area contributed by atoms with Gasteiger partial charge in [-0.05, 0) is 25.2 Å². The molecule has 0 aliphatic carbocycles. The molecule has 0 amide bonds. The van der Waals surface area contributed by atoms with Crippen molar-refractivity contribution in [1.29, 1.82) is 0 Å². The summed E-state index contributed by atoms with van der Waals surface area (Å²) in [5.41, 5.74) is 8.02. The van der Waals surface area contributed by atoms with Crippen molar-refractivity contribution >= 4 is 11.4 Å². The van der Waals surface area contributed by atoms with Crippen molar-refractivity contribution in [2.75, 3.05) is 31.4 Å². The number of piperidine rings is 1. The van der Waals surface area contributed by atoms with Crippen LogP contribution >= 0.6 is 0 Å². The van der Waals surface area contributed by atoms with Crippen LogP contribution in [0.2, 0.25) is 0 Å². The number of nitrogens with zero attached hydrogens (tertiary/aromatic N) is 1. The Bertz CT molecular complexity index is 476. The van der Waals surface area contributed by atoms with Crippen LogP contribution in [0, 0.1) is 11.8 Å². The molecule has 0 spiro atoms. The molecule has 112 valence electrons. The van der Waals surface area contributed by atoms with Gasteiger partial charge >= 0.3 is 0 Å². The number of benzene rings is 1. The average Bonchev–Trinajstić information content (AvgIpc) is 2.42. The monoisotopic (exact) mass is 278 g/mol. The molecule has 1 aromatic rings. The standard InChI is InChI=1S/C16H26N2O2/c1-10-6-11(2)12(3)18(9-10)14-8-16(20-5)15(19-4)7-13(14)17/h7-8,10-12H,6,9,17H2,1-5H3. The zero-order valence-corrected chi connectivity index (χ0v) is 13.1. The Balaban J connectivity index is 2.40. The molecule has 1 saturated heterocycles. The molecular weight excluding hydrogens is 252 g/mol. The highest BCUT2D eigenvalue weighted by Crippen LogP contribution is 2.40. The lowest BCUT2D eigenvalue weighted by Crippen LogP contribution is -2.46. The third-order valence-corrected chi connectivity index (χ3v) is 4.44. The molecule has 0 radical (unpaired) electrons. The molecule has 3 atom stereocenters. The van der Waals surface area contributed by atoms with Gasteiger partial charge in [0.05, 0.1) is 25.6 Å². The first-order valence-corrected chi connectivity index (χ1v) is 7.26. The molecule has 1 aliphatic rings. The van der Waals surface area contributed by atoms with Gasteiger partial charge < -0.3 is 20.1 Å². The Morgan fingerprint density at radius 2 is 1.70 bits per heavy atom. The van der Waals surface area contributed by atoms with Gasteiger partial charge in [-0.25, -0.2) is 0 Å². The fourth-order valence-corrected chi connectivity index (χ4v) is 3.17. The van der Waals surface area contributed by atoms with Gasteiger partial charge in [-0.1, -0.05) is 13.8 Å². The number of nitrogens with two attached hydrogens (primary N) is 1. The highest BCUT2D eigenvalue weighted by molar-refractivity contribution is 5.73. The van der Waals surface area contributed by atoms with Crippen LogP contribution in [0.5, 0.6) is 11.5 Å². The lowest BCUT2D eigenvalue weighted by molar-refractivity contribution is 0.296. The number of hydrogen-bond donors (Lipinski definition) is 1. The van der Waals surface area contributed by atoms with E-state index in [2.05, 4.69) is 25.7 Å². The number of nitrogen functional groups attached to an aromatic ring is 1. The van der Waals surface area contributed by atoms with Crippen molar-refractivity contribution in [3.63, 3.8) is 0 Å². The second-order valence-electron chi connectivity index (χ2n) is 5.98. The summed E-state index contributed by atoms with van der Waals surface area (Å²) in [6.07, 6.45) is 1.27.